The molecule has 1 aromatic rings. The van der Waals surface area contributed by atoms with Crippen LogP contribution in [0.25, 0.3) is 0 Å². The Balaban J connectivity index is 2.49. The van der Waals surface area contributed by atoms with Crippen LogP contribution in [-0.4, -0.2) is 15.3 Å². The summed E-state index contributed by atoms with van der Waals surface area (Å²) in [5.74, 6) is 0.564. The van der Waals surface area contributed by atoms with Crippen LogP contribution >= 0.6 is 0 Å². The van der Waals surface area contributed by atoms with Gasteiger partial charge >= 0.3 is 0 Å². The molecule has 0 aliphatic rings. The lowest BCUT2D eigenvalue weighted by Gasteiger charge is -2.31. The zero-order valence-corrected chi connectivity index (χ0v) is 10.3. The van der Waals surface area contributed by atoms with E-state index in [0.717, 1.165) is 19.3 Å². The molecule has 0 aromatic carbocycles. The van der Waals surface area contributed by atoms with E-state index in [1.54, 1.807) is 0 Å². The van der Waals surface area contributed by atoms with Crippen molar-refractivity contribution >= 4 is 0 Å². The molecule has 2 atom stereocenters. The van der Waals surface area contributed by atoms with Crippen molar-refractivity contribution < 1.29 is 0 Å². The van der Waals surface area contributed by atoms with E-state index in [2.05, 4.69) is 32.1 Å². The Morgan fingerprint density at radius 3 is 2.73 bits per heavy atom. The van der Waals surface area contributed by atoms with Crippen LogP contribution in [0.2, 0.25) is 0 Å². The number of nitrogens with zero attached hydrogens (tertiary/aromatic N) is 2. The summed E-state index contributed by atoms with van der Waals surface area (Å²) in [7, 11) is 1.94. The highest BCUT2D eigenvalue weighted by Crippen LogP contribution is 2.22. The van der Waals surface area contributed by atoms with E-state index in [-0.39, 0.29) is 5.54 Å². The summed E-state index contributed by atoms with van der Waals surface area (Å²) in [5, 5.41) is 4.16. The SMILES string of the molecule is CCC(C)C(C)(N)CCc1cnn(C)c1. The van der Waals surface area contributed by atoms with Crippen molar-refractivity contribution in [3.8, 4) is 0 Å². The van der Waals surface area contributed by atoms with Gasteiger partial charge in [0.05, 0.1) is 6.20 Å². The summed E-state index contributed by atoms with van der Waals surface area (Å²) in [4.78, 5) is 0. The molecule has 0 bridgehead atoms. The van der Waals surface area contributed by atoms with Crippen molar-refractivity contribution in [3.05, 3.63) is 18.0 Å². The first-order valence-electron chi connectivity index (χ1n) is 5.72. The molecule has 3 heteroatoms. The topological polar surface area (TPSA) is 43.8 Å². The highest BCUT2D eigenvalue weighted by molar-refractivity contribution is 5.05. The molecule has 86 valence electrons. The summed E-state index contributed by atoms with van der Waals surface area (Å²) in [6.07, 6.45) is 7.16. The van der Waals surface area contributed by atoms with Crippen LogP contribution < -0.4 is 5.73 Å². The third kappa shape index (κ3) is 3.34. The average Bonchev–Trinajstić information content (AvgIpc) is 2.60. The van der Waals surface area contributed by atoms with Crippen molar-refractivity contribution in [1.82, 2.24) is 9.78 Å². The summed E-state index contributed by atoms with van der Waals surface area (Å²) in [6.45, 7) is 6.57. The van der Waals surface area contributed by atoms with E-state index in [4.69, 9.17) is 5.73 Å². The van der Waals surface area contributed by atoms with E-state index in [1.807, 2.05) is 17.9 Å². The normalized spacial score (nSPS) is 17.4. The lowest BCUT2D eigenvalue weighted by Crippen LogP contribution is -2.43. The van der Waals surface area contributed by atoms with Gasteiger partial charge in [-0.15, -0.1) is 0 Å². The molecule has 0 saturated carbocycles. The molecule has 0 saturated heterocycles. The van der Waals surface area contributed by atoms with Gasteiger partial charge in [0.2, 0.25) is 0 Å². The van der Waals surface area contributed by atoms with Crippen LogP contribution in [0.15, 0.2) is 12.4 Å². The maximum Gasteiger partial charge on any atom is 0.0521 e. The molecular formula is C12H23N3. The van der Waals surface area contributed by atoms with Gasteiger partial charge in [-0.05, 0) is 31.2 Å². The minimum atomic E-state index is -0.0649. The quantitative estimate of drug-likeness (QED) is 0.807. The molecule has 1 rings (SSSR count). The largest absolute Gasteiger partial charge is 0.325 e. The molecule has 0 fully saturated rings. The maximum absolute atomic E-state index is 6.30. The van der Waals surface area contributed by atoms with E-state index < -0.39 is 0 Å². The number of hydrogen-bond donors (Lipinski definition) is 1. The number of nitrogens with two attached hydrogens (primary N) is 1. The molecule has 1 heterocycles. The van der Waals surface area contributed by atoms with Gasteiger partial charge in [-0.25, -0.2) is 0 Å². The lowest BCUT2D eigenvalue weighted by molar-refractivity contribution is 0.289. The van der Waals surface area contributed by atoms with Crippen LogP contribution in [0.1, 0.15) is 39.2 Å². The van der Waals surface area contributed by atoms with Crippen LogP contribution in [0.4, 0.5) is 0 Å². The van der Waals surface area contributed by atoms with Gasteiger partial charge in [-0.3, -0.25) is 4.68 Å². The average molecular weight is 209 g/mol. The summed E-state index contributed by atoms with van der Waals surface area (Å²) in [5.41, 5.74) is 7.51. The van der Waals surface area contributed by atoms with Crippen LogP contribution in [0.3, 0.4) is 0 Å². The zero-order valence-electron chi connectivity index (χ0n) is 10.3. The lowest BCUT2D eigenvalue weighted by atomic mass is 9.82. The van der Waals surface area contributed by atoms with Crippen LogP contribution in [-0.2, 0) is 13.5 Å². The Bertz CT molecular complexity index is 302. The molecule has 0 aliphatic carbocycles. The first-order valence-corrected chi connectivity index (χ1v) is 5.72. The van der Waals surface area contributed by atoms with Gasteiger partial charge in [-0.1, -0.05) is 20.3 Å². The van der Waals surface area contributed by atoms with Crippen molar-refractivity contribution in [2.75, 3.05) is 0 Å². The highest BCUT2D eigenvalue weighted by Gasteiger charge is 2.24. The fraction of sp³-hybridized carbons (Fsp3) is 0.750. The maximum atomic E-state index is 6.30. The van der Waals surface area contributed by atoms with E-state index >= 15 is 0 Å². The van der Waals surface area contributed by atoms with Crippen molar-refractivity contribution in [2.45, 2.75) is 45.6 Å². The Kier molecular flexibility index (Phi) is 3.91. The standard InChI is InChI=1S/C12H23N3/c1-5-10(2)12(3,13)7-6-11-8-14-15(4)9-11/h8-10H,5-7,13H2,1-4H3. The van der Waals surface area contributed by atoms with Gasteiger partial charge in [0.25, 0.3) is 0 Å². The summed E-state index contributed by atoms with van der Waals surface area (Å²) >= 11 is 0. The van der Waals surface area contributed by atoms with Gasteiger partial charge in [-0.2, -0.15) is 5.10 Å². The second-order valence-corrected chi connectivity index (χ2v) is 4.84. The van der Waals surface area contributed by atoms with Gasteiger partial charge < -0.3 is 5.73 Å². The third-order valence-corrected chi connectivity index (χ3v) is 3.45. The van der Waals surface area contributed by atoms with E-state index in [1.165, 1.54) is 5.56 Å². The molecule has 3 nitrogen and oxygen atoms in total. The fourth-order valence-corrected chi connectivity index (χ4v) is 1.73. The van der Waals surface area contributed by atoms with Crippen molar-refractivity contribution in [3.63, 3.8) is 0 Å². The Morgan fingerprint density at radius 2 is 2.27 bits per heavy atom. The molecule has 2 unspecified atom stereocenters. The number of aryl methyl sites for hydroxylation is 2. The monoisotopic (exact) mass is 209 g/mol. The van der Waals surface area contributed by atoms with Gasteiger partial charge in [0.15, 0.2) is 0 Å². The summed E-state index contributed by atoms with van der Waals surface area (Å²) < 4.78 is 1.84. The molecule has 2 N–H and O–H groups in total. The van der Waals surface area contributed by atoms with Crippen LogP contribution in [0, 0.1) is 5.92 Å². The van der Waals surface area contributed by atoms with Crippen molar-refractivity contribution in [1.29, 1.82) is 0 Å². The highest BCUT2D eigenvalue weighted by atomic mass is 15.2. The number of aromatic nitrogens is 2. The Morgan fingerprint density at radius 1 is 1.60 bits per heavy atom. The minimum absolute atomic E-state index is 0.0649. The number of rotatable bonds is 5. The fourth-order valence-electron chi connectivity index (χ4n) is 1.73. The second kappa shape index (κ2) is 4.79. The zero-order chi connectivity index (χ0) is 11.5. The first kappa shape index (κ1) is 12.2. The van der Waals surface area contributed by atoms with Crippen LogP contribution in [0.5, 0.6) is 0 Å². The molecule has 0 amide bonds. The predicted octanol–water partition coefficient (Wildman–Crippen LogP) is 2.12. The van der Waals surface area contributed by atoms with Crippen molar-refractivity contribution in [2.24, 2.45) is 18.7 Å². The second-order valence-electron chi connectivity index (χ2n) is 4.84. The van der Waals surface area contributed by atoms with Gasteiger partial charge in [0, 0.05) is 18.8 Å². The molecule has 0 radical (unpaired) electrons. The Labute approximate surface area is 92.7 Å². The smallest absolute Gasteiger partial charge is 0.0521 e. The number of hydrogen-bond acceptors (Lipinski definition) is 2. The summed E-state index contributed by atoms with van der Waals surface area (Å²) in [6, 6.07) is 0. The first-order chi connectivity index (χ1) is 6.95. The Hall–Kier alpha value is -0.830. The minimum Gasteiger partial charge on any atom is -0.325 e. The van der Waals surface area contributed by atoms with Gasteiger partial charge in [0.1, 0.15) is 0 Å². The third-order valence-electron chi connectivity index (χ3n) is 3.45. The molecule has 0 aliphatic heterocycles. The molecule has 15 heavy (non-hydrogen) atoms. The van der Waals surface area contributed by atoms with E-state index in [0.29, 0.717) is 5.92 Å². The molecule has 1 aromatic heterocycles. The predicted molar refractivity (Wildman–Crippen MR) is 63.6 cm³/mol. The molecular weight excluding hydrogens is 186 g/mol. The van der Waals surface area contributed by atoms with E-state index in [9.17, 15) is 0 Å². The molecule has 0 spiro atoms.